The topological polar surface area (TPSA) is 75.9 Å². The van der Waals surface area contributed by atoms with Crippen molar-refractivity contribution in [3.8, 4) is 0 Å². The summed E-state index contributed by atoms with van der Waals surface area (Å²) < 4.78 is 25.9. The Labute approximate surface area is 190 Å². The van der Waals surface area contributed by atoms with Crippen LogP contribution < -0.4 is 0 Å². The molecule has 1 rings (SSSR count). The van der Waals surface area contributed by atoms with Crippen LogP contribution in [0.3, 0.4) is 0 Å². The van der Waals surface area contributed by atoms with Crippen LogP contribution in [0, 0.1) is 0 Å². The van der Waals surface area contributed by atoms with E-state index in [4.69, 9.17) is 0 Å². The number of sulfonamides is 1. The van der Waals surface area contributed by atoms with Crippen LogP contribution >= 0.6 is 0 Å². The summed E-state index contributed by atoms with van der Waals surface area (Å²) in [5.74, 6) is -0.123. The molecule has 6 heteroatoms. The van der Waals surface area contributed by atoms with Crippen molar-refractivity contribution in [1.82, 2.24) is 0 Å². The normalized spacial score (nSPS) is 13.6. The van der Waals surface area contributed by atoms with Gasteiger partial charge in [0.1, 0.15) is 0 Å². The molecule has 0 aliphatic heterocycles. The molecule has 0 aromatic rings. The van der Waals surface area contributed by atoms with Crippen molar-refractivity contribution in [3.05, 3.63) is 24.3 Å². The lowest BCUT2D eigenvalue weighted by atomic mass is 10.0. The van der Waals surface area contributed by atoms with Gasteiger partial charge in [-0.05, 0) is 30.7 Å². The summed E-state index contributed by atoms with van der Waals surface area (Å²) in [6.07, 6.45) is 27.4. The third-order valence-electron chi connectivity index (χ3n) is 5.37. The van der Waals surface area contributed by atoms with E-state index in [1.54, 1.807) is 24.3 Å². The van der Waals surface area contributed by atoms with Crippen LogP contribution in [0.2, 0.25) is 0 Å². The molecule has 0 heterocycles. The van der Waals surface area contributed by atoms with E-state index in [0.717, 1.165) is 19.1 Å². The van der Waals surface area contributed by atoms with E-state index < -0.39 is 10.0 Å². The average molecular weight is 451 g/mol. The van der Waals surface area contributed by atoms with E-state index in [1.807, 2.05) is 0 Å². The monoisotopic (exact) mass is 450 g/mol. The van der Waals surface area contributed by atoms with Gasteiger partial charge in [0.25, 0.3) is 10.0 Å². The Bertz CT molecular complexity index is 716. The maximum atomic E-state index is 12.0. The zero-order chi connectivity index (χ0) is 22.8. The van der Waals surface area contributed by atoms with Gasteiger partial charge in [-0.3, -0.25) is 4.79 Å². The molecule has 0 saturated carbocycles. The Morgan fingerprint density at radius 3 is 1.48 bits per heavy atom. The Morgan fingerprint density at radius 2 is 1.06 bits per heavy atom. The molecule has 0 bridgehead atoms. The molecule has 5 nitrogen and oxygen atoms in total. The standard InChI is InChI=1S/C25H42N2O3S/c1-3-4-5-6-7-8-9-10-11-12-13-14-15-16-17-18-25(28)26-23-19-21-24(22-20-23)27-31(2,29)30/h19-22H,3-18H2,1-2H3. The molecule has 0 aromatic heterocycles. The third-order valence-corrected chi connectivity index (χ3v) is 5.91. The van der Waals surface area contributed by atoms with Crippen LogP contribution in [0.15, 0.2) is 33.7 Å². The second-order valence-corrected chi connectivity index (χ2v) is 10.2. The van der Waals surface area contributed by atoms with E-state index in [-0.39, 0.29) is 5.91 Å². The number of unbranched alkanes of at least 4 members (excludes halogenated alkanes) is 14. The van der Waals surface area contributed by atoms with Gasteiger partial charge >= 0.3 is 0 Å². The van der Waals surface area contributed by atoms with Crippen LogP contribution in [0.25, 0.3) is 0 Å². The molecule has 0 spiro atoms. The lowest BCUT2D eigenvalue weighted by Crippen LogP contribution is -2.05. The summed E-state index contributed by atoms with van der Waals surface area (Å²) in [7, 11) is -3.42. The number of nitrogens with zero attached hydrogens (tertiary/aromatic N) is 2. The van der Waals surface area contributed by atoms with Gasteiger partial charge in [0, 0.05) is 6.42 Å². The molecule has 1 amide bonds. The number of amides is 1. The minimum atomic E-state index is -3.42. The van der Waals surface area contributed by atoms with Crippen molar-refractivity contribution in [3.63, 3.8) is 0 Å². The van der Waals surface area contributed by atoms with Crippen molar-refractivity contribution >= 4 is 27.4 Å². The second kappa shape index (κ2) is 17.0. The van der Waals surface area contributed by atoms with Gasteiger partial charge in [-0.15, -0.1) is 0 Å². The summed E-state index contributed by atoms with van der Waals surface area (Å²) >= 11 is 0. The smallest absolute Gasteiger partial charge is 0.250 e. The van der Waals surface area contributed by atoms with Gasteiger partial charge in [-0.1, -0.05) is 96.8 Å². The lowest BCUT2D eigenvalue weighted by Gasteiger charge is -2.03. The Morgan fingerprint density at radius 1 is 0.677 bits per heavy atom. The summed E-state index contributed by atoms with van der Waals surface area (Å²) in [4.78, 5) is 16.0. The number of aliphatic imine (C=N–C) groups is 1. The second-order valence-electron chi connectivity index (χ2n) is 8.55. The SMILES string of the molecule is CCCCCCCCCCCCCCCCCC(=O)N=C1C=CC(=NS(C)(=O)=O)C=C1. The van der Waals surface area contributed by atoms with Crippen molar-refractivity contribution in [2.45, 2.75) is 110 Å². The van der Waals surface area contributed by atoms with Gasteiger partial charge in [0.05, 0.1) is 17.7 Å². The van der Waals surface area contributed by atoms with Crippen molar-refractivity contribution in [2.75, 3.05) is 6.26 Å². The van der Waals surface area contributed by atoms with E-state index >= 15 is 0 Å². The molecule has 1 aliphatic carbocycles. The van der Waals surface area contributed by atoms with Crippen LogP contribution in [-0.4, -0.2) is 32.0 Å². The first kappa shape index (κ1) is 27.5. The van der Waals surface area contributed by atoms with E-state index in [9.17, 15) is 13.2 Å². The number of rotatable bonds is 17. The van der Waals surface area contributed by atoms with Crippen LogP contribution in [0.4, 0.5) is 0 Å². The molecule has 0 N–H and O–H groups in total. The molecule has 0 unspecified atom stereocenters. The molecule has 0 saturated heterocycles. The Hall–Kier alpha value is -1.56. The maximum absolute atomic E-state index is 12.0. The Balaban J connectivity index is 1.98. The number of hydrogen-bond acceptors (Lipinski definition) is 3. The zero-order valence-electron chi connectivity index (χ0n) is 19.7. The van der Waals surface area contributed by atoms with Gasteiger partial charge < -0.3 is 0 Å². The zero-order valence-corrected chi connectivity index (χ0v) is 20.5. The predicted octanol–water partition coefficient (Wildman–Crippen LogP) is 6.74. The summed E-state index contributed by atoms with van der Waals surface area (Å²) in [5.41, 5.74) is 0.884. The first-order valence-electron chi connectivity index (χ1n) is 12.2. The minimum Gasteiger partial charge on any atom is -0.273 e. The van der Waals surface area contributed by atoms with Gasteiger partial charge in [-0.2, -0.15) is 4.40 Å². The van der Waals surface area contributed by atoms with Crippen LogP contribution in [0.5, 0.6) is 0 Å². The van der Waals surface area contributed by atoms with Gasteiger partial charge in [-0.25, -0.2) is 13.4 Å². The van der Waals surface area contributed by atoms with Gasteiger partial charge in [0.2, 0.25) is 5.91 Å². The number of allylic oxidation sites excluding steroid dienone is 4. The number of carbonyl (C=O) groups excluding carboxylic acids is 1. The highest BCUT2D eigenvalue weighted by Gasteiger charge is 2.05. The molecule has 1 aliphatic rings. The first-order valence-corrected chi connectivity index (χ1v) is 14.0. The first-order chi connectivity index (χ1) is 14.9. The summed E-state index contributed by atoms with van der Waals surface area (Å²) in [6.45, 7) is 2.26. The molecular weight excluding hydrogens is 408 g/mol. The summed E-state index contributed by atoms with van der Waals surface area (Å²) in [5, 5.41) is 0. The Kier molecular flexibility index (Phi) is 15.1. The molecule has 0 fully saturated rings. The fourth-order valence-electron chi connectivity index (χ4n) is 3.63. The highest BCUT2D eigenvalue weighted by molar-refractivity contribution is 7.89. The molecule has 0 aromatic carbocycles. The molecule has 0 radical (unpaired) electrons. The van der Waals surface area contributed by atoms with Crippen LogP contribution in [0.1, 0.15) is 110 Å². The molecular formula is C25H42N2O3S. The highest BCUT2D eigenvalue weighted by Crippen LogP contribution is 2.14. The quantitative estimate of drug-likeness (QED) is 0.182. The van der Waals surface area contributed by atoms with Crippen molar-refractivity contribution in [1.29, 1.82) is 0 Å². The predicted molar refractivity (Wildman–Crippen MR) is 133 cm³/mol. The third kappa shape index (κ3) is 16.8. The average Bonchev–Trinajstić information content (AvgIpc) is 2.71. The highest BCUT2D eigenvalue weighted by atomic mass is 32.2. The summed E-state index contributed by atoms with van der Waals surface area (Å²) in [6, 6.07) is 0. The van der Waals surface area contributed by atoms with E-state index in [1.165, 1.54) is 83.5 Å². The lowest BCUT2D eigenvalue weighted by molar-refractivity contribution is -0.117. The maximum Gasteiger partial charge on any atom is 0.250 e. The van der Waals surface area contributed by atoms with E-state index in [0.29, 0.717) is 17.8 Å². The molecule has 0 atom stereocenters. The molecule has 31 heavy (non-hydrogen) atoms. The fraction of sp³-hybridized carbons (Fsp3) is 0.720. The fourth-order valence-corrected chi connectivity index (χ4v) is 4.13. The number of carbonyl (C=O) groups is 1. The molecule has 176 valence electrons. The van der Waals surface area contributed by atoms with Crippen molar-refractivity contribution < 1.29 is 13.2 Å². The van der Waals surface area contributed by atoms with Crippen molar-refractivity contribution in [2.24, 2.45) is 9.39 Å². The largest absolute Gasteiger partial charge is 0.273 e. The van der Waals surface area contributed by atoms with Crippen LogP contribution in [-0.2, 0) is 14.8 Å². The minimum absolute atomic E-state index is 0.123. The van der Waals surface area contributed by atoms with E-state index in [2.05, 4.69) is 16.3 Å². The number of hydrogen-bond donors (Lipinski definition) is 0. The van der Waals surface area contributed by atoms with Gasteiger partial charge in [0.15, 0.2) is 0 Å².